The Labute approximate surface area is 113 Å². The quantitative estimate of drug-likeness (QED) is 0.800. The number of benzene rings is 1. The largest absolute Gasteiger partial charge is 0.387 e. The van der Waals surface area contributed by atoms with Gasteiger partial charge in [-0.3, -0.25) is 4.68 Å². The van der Waals surface area contributed by atoms with Crippen molar-refractivity contribution in [2.75, 3.05) is 0 Å². The second-order valence-electron chi connectivity index (χ2n) is 4.43. The first-order valence-electron chi connectivity index (χ1n) is 5.84. The third-order valence-electron chi connectivity index (χ3n) is 2.88. The molecule has 3 aromatic rings. The Morgan fingerprint density at radius 3 is 3.00 bits per heavy atom. The van der Waals surface area contributed by atoms with Gasteiger partial charge in [0.25, 0.3) is 0 Å². The molecule has 1 atom stereocenters. The number of aryl methyl sites for hydroxylation is 1. The molecular weight excluding hydrogens is 265 g/mol. The van der Waals surface area contributed by atoms with E-state index in [9.17, 15) is 9.50 Å². The lowest BCUT2D eigenvalue weighted by atomic mass is 10.1. The molecule has 0 aliphatic carbocycles. The Bertz CT molecular complexity index is 722. The number of nitrogens with zero attached hydrogens (tertiary/aromatic N) is 3. The fraction of sp³-hybridized carbons (Fsp3) is 0.231. The summed E-state index contributed by atoms with van der Waals surface area (Å²) >= 11 is 1.40. The van der Waals surface area contributed by atoms with E-state index in [0.29, 0.717) is 6.42 Å². The number of aromatic nitrogens is 3. The van der Waals surface area contributed by atoms with Crippen LogP contribution >= 0.6 is 11.3 Å². The number of hydrogen-bond acceptors (Lipinski definition) is 4. The summed E-state index contributed by atoms with van der Waals surface area (Å²) in [7, 11) is 1.78. The number of thiophene rings is 1. The van der Waals surface area contributed by atoms with Crippen LogP contribution in [0.2, 0.25) is 0 Å². The Morgan fingerprint density at radius 1 is 1.42 bits per heavy atom. The first-order chi connectivity index (χ1) is 9.11. The molecule has 3 rings (SSSR count). The van der Waals surface area contributed by atoms with E-state index in [2.05, 4.69) is 10.3 Å². The summed E-state index contributed by atoms with van der Waals surface area (Å²) in [6, 6.07) is 6.52. The molecule has 1 unspecified atom stereocenters. The minimum Gasteiger partial charge on any atom is -0.387 e. The van der Waals surface area contributed by atoms with Crippen molar-refractivity contribution in [2.45, 2.75) is 12.5 Å². The summed E-state index contributed by atoms with van der Waals surface area (Å²) in [6.45, 7) is 0. The zero-order valence-electron chi connectivity index (χ0n) is 10.2. The molecule has 1 N–H and O–H groups in total. The second-order valence-corrected chi connectivity index (χ2v) is 5.55. The zero-order valence-corrected chi connectivity index (χ0v) is 11.1. The van der Waals surface area contributed by atoms with Crippen molar-refractivity contribution in [2.24, 2.45) is 7.05 Å². The van der Waals surface area contributed by atoms with Crippen LogP contribution in [0.4, 0.5) is 4.39 Å². The minimum absolute atomic E-state index is 0.260. The van der Waals surface area contributed by atoms with Crippen LogP contribution in [-0.4, -0.2) is 20.1 Å². The molecule has 6 heteroatoms. The van der Waals surface area contributed by atoms with E-state index >= 15 is 0 Å². The summed E-state index contributed by atoms with van der Waals surface area (Å²) in [5.41, 5.74) is 0.735. The highest BCUT2D eigenvalue weighted by molar-refractivity contribution is 7.19. The molecule has 0 spiro atoms. The molecular formula is C13H12FN3OS. The average molecular weight is 277 g/mol. The molecule has 0 saturated carbocycles. The predicted molar refractivity (Wildman–Crippen MR) is 71.4 cm³/mol. The van der Waals surface area contributed by atoms with Gasteiger partial charge in [0.1, 0.15) is 5.82 Å². The van der Waals surface area contributed by atoms with Crippen molar-refractivity contribution in [3.05, 3.63) is 46.9 Å². The molecule has 1 aromatic carbocycles. The van der Waals surface area contributed by atoms with Gasteiger partial charge >= 0.3 is 0 Å². The summed E-state index contributed by atoms with van der Waals surface area (Å²) in [6.07, 6.45) is 1.54. The number of aliphatic hydroxyl groups excluding tert-OH is 1. The maximum atomic E-state index is 13.1. The molecule has 2 aromatic heterocycles. The maximum Gasteiger partial charge on any atom is 0.124 e. The van der Waals surface area contributed by atoms with Crippen molar-refractivity contribution in [1.82, 2.24) is 15.0 Å². The Morgan fingerprint density at radius 2 is 2.26 bits per heavy atom. The van der Waals surface area contributed by atoms with Crippen molar-refractivity contribution >= 4 is 21.4 Å². The minimum atomic E-state index is -0.642. The Balaban J connectivity index is 1.86. The highest BCUT2D eigenvalue weighted by Gasteiger charge is 2.14. The molecule has 0 bridgehead atoms. The van der Waals surface area contributed by atoms with Crippen molar-refractivity contribution in [1.29, 1.82) is 0 Å². The van der Waals surface area contributed by atoms with E-state index in [1.165, 1.54) is 23.5 Å². The van der Waals surface area contributed by atoms with Crippen LogP contribution in [0.1, 0.15) is 16.7 Å². The predicted octanol–water partition coefficient (Wildman–Crippen LogP) is 2.45. The Hall–Kier alpha value is -1.79. The molecule has 0 radical (unpaired) electrons. The molecule has 0 fully saturated rings. The molecule has 4 nitrogen and oxygen atoms in total. The van der Waals surface area contributed by atoms with Crippen LogP contribution in [0.15, 0.2) is 30.5 Å². The van der Waals surface area contributed by atoms with Crippen molar-refractivity contribution in [3.8, 4) is 0 Å². The lowest BCUT2D eigenvalue weighted by molar-refractivity contribution is 0.181. The van der Waals surface area contributed by atoms with Crippen molar-refractivity contribution < 1.29 is 9.50 Å². The van der Waals surface area contributed by atoms with Gasteiger partial charge in [0.05, 0.1) is 11.8 Å². The maximum absolute atomic E-state index is 13.1. The first kappa shape index (κ1) is 12.3. The number of hydrogen-bond donors (Lipinski definition) is 1. The van der Waals surface area contributed by atoms with Gasteiger partial charge in [-0.15, -0.1) is 16.4 Å². The molecule has 0 saturated heterocycles. The number of fused-ring (bicyclic) bond motifs is 1. The summed E-state index contributed by atoms with van der Waals surface area (Å²) in [4.78, 5) is 0.811. The highest BCUT2D eigenvalue weighted by atomic mass is 32.1. The summed E-state index contributed by atoms with van der Waals surface area (Å²) in [5, 5.41) is 18.9. The molecule has 98 valence electrons. The summed E-state index contributed by atoms with van der Waals surface area (Å²) in [5.74, 6) is -0.260. The zero-order chi connectivity index (χ0) is 13.4. The first-order valence-corrected chi connectivity index (χ1v) is 6.66. The molecule has 2 heterocycles. The lowest BCUT2D eigenvalue weighted by Crippen LogP contribution is -1.99. The van der Waals surface area contributed by atoms with Crippen LogP contribution in [0, 0.1) is 5.82 Å². The van der Waals surface area contributed by atoms with Crippen LogP contribution in [-0.2, 0) is 13.5 Å². The lowest BCUT2D eigenvalue weighted by Gasteiger charge is -2.04. The van der Waals surface area contributed by atoms with E-state index in [4.69, 9.17) is 0 Å². The van der Waals surface area contributed by atoms with Gasteiger partial charge in [-0.05, 0) is 23.6 Å². The number of rotatable bonds is 3. The van der Waals surface area contributed by atoms with Gasteiger partial charge in [0.15, 0.2) is 0 Å². The van der Waals surface area contributed by atoms with Crippen LogP contribution in [0.5, 0.6) is 0 Å². The topological polar surface area (TPSA) is 50.9 Å². The van der Waals surface area contributed by atoms with Gasteiger partial charge in [0, 0.05) is 29.2 Å². The Kier molecular flexibility index (Phi) is 3.04. The van der Waals surface area contributed by atoms with E-state index < -0.39 is 6.10 Å². The summed E-state index contributed by atoms with van der Waals surface area (Å²) < 4.78 is 15.6. The molecule has 0 amide bonds. The van der Waals surface area contributed by atoms with Gasteiger partial charge in [-0.2, -0.15) is 0 Å². The van der Waals surface area contributed by atoms with E-state index in [-0.39, 0.29) is 5.82 Å². The van der Waals surface area contributed by atoms with Gasteiger partial charge in [-0.1, -0.05) is 11.3 Å². The second kappa shape index (κ2) is 4.71. The standard InChI is InChI=1S/C13H12FN3OS/c1-17-7-10(15-16-17)6-11(18)13-4-8-2-3-9(14)5-12(8)19-13/h2-5,7,11,18H,6H2,1H3. The monoisotopic (exact) mass is 277 g/mol. The fourth-order valence-electron chi connectivity index (χ4n) is 1.98. The van der Waals surface area contributed by atoms with Gasteiger partial charge < -0.3 is 5.11 Å². The van der Waals surface area contributed by atoms with E-state index in [0.717, 1.165) is 20.7 Å². The van der Waals surface area contributed by atoms with E-state index in [1.54, 1.807) is 24.0 Å². The average Bonchev–Trinajstić information content (AvgIpc) is 2.95. The van der Waals surface area contributed by atoms with Crippen LogP contribution in [0.3, 0.4) is 0 Å². The van der Waals surface area contributed by atoms with Crippen LogP contribution < -0.4 is 0 Å². The fourth-order valence-corrected chi connectivity index (χ4v) is 3.05. The van der Waals surface area contributed by atoms with Gasteiger partial charge in [-0.25, -0.2) is 4.39 Å². The van der Waals surface area contributed by atoms with E-state index in [1.807, 2.05) is 6.07 Å². The molecule has 0 aliphatic rings. The molecule has 0 aliphatic heterocycles. The normalized spacial score (nSPS) is 13.0. The number of aliphatic hydroxyl groups is 1. The SMILES string of the molecule is Cn1cc(CC(O)c2cc3ccc(F)cc3s2)nn1. The molecule has 19 heavy (non-hydrogen) atoms. The smallest absolute Gasteiger partial charge is 0.124 e. The third-order valence-corrected chi connectivity index (χ3v) is 4.08. The van der Waals surface area contributed by atoms with Gasteiger partial charge in [0.2, 0.25) is 0 Å². The number of halogens is 1. The third kappa shape index (κ3) is 2.50. The van der Waals surface area contributed by atoms with Crippen molar-refractivity contribution in [3.63, 3.8) is 0 Å². The van der Waals surface area contributed by atoms with Crippen LogP contribution in [0.25, 0.3) is 10.1 Å². The highest BCUT2D eigenvalue weighted by Crippen LogP contribution is 2.31.